The molecule has 0 bridgehead atoms. The van der Waals surface area contributed by atoms with E-state index in [0.717, 1.165) is 0 Å². The lowest BCUT2D eigenvalue weighted by atomic mass is 10.3. The molecule has 7 heteroatoms. The second-order valence-corrected chi connectivity index (χ2v) is 4.58. The Morgan fingerprint density at radius 1 is 1.05 bits per heavy atom. The molecule has 5 nitrogen and oxygen atoms in total. The molecule has 0 spiro atoms. The molecule has 0 saturated heterocycles. The van der Waals surface area contributed by atoms with Gasteiger partial charge in [0.05, 0.1) is 11.9 Å². The van der Waals surface area contributed by atoms with Gasteiger partial charge in [0.1, 0.15) is 5.82 Å². The molecule has 0 radical (unpaired) electrons. The number of nitrogen functional groups attached to an aromatic ring is 1. The van der Waals surface area contributed by atoms with E-state index in [1.807, 2.05) is 0 Å². The lowest BCUT2D eigenvalue weighted by Crippen LogP contribution is -2.19. The van der Waals surface area contributed by atoms with E-state index in [-0.39, 0.29) is 0 Å². The molecule has 0 aliphatic rings. The Balaban J connectivity index is 2.03. The van der Waals surface area contributed by atoms with Crippen LogP contribution >= 0.6 is 23.2 Å². The van der Waals surface area contributed by atoms with Crippen LogP contribution in [0.2, 0.25) is 10.0 Å². The number of carbonyl (C=O) groups excluding carboxylic acids is 1. The zero-order chi connectivity index (χ0) is 13.8. The Morgan fingerprint density at radius 2 is 1.68 bits per heavy atom. The van der Waals surface area contributed by atoms with Gasteiger partial charge in [-0.2, -0.15) is 0 Å². The van der Waals surface area contributed by atoms with Crippen LogP contribution in [0.1, 0.15) is 0 Å². The monoisotopic (exact) mass is 296 g/mol. The lowest BCUT2D eigenvalue weighted by Gasteiger charge is -2.08. The molecular weight excluding hydrogens is 287 g/mol. The fourth-order valence-electron chi connectivity index (χ4n) is 1.40. The number of carbonyl (C=O) groups is 1. The summed E-state index contributed by atoms with van der Waals surface area (Å²) in [6.07, 6.45) is 1.46. The summed E-state index contributed by atoms with van der Waals surface area (Å²) in [4.78, 5) is 15.6. The number of nitrogens with two attached hydrogens (primary N) is 1. The van der Waals surface area contributed by atoms with Crippen LogP contribution < -0.4 is 16.4 Å². The summed E-state index contributed by atoms with van der Waals surface area (Å²) in [7, 11) is 0. The van der Waals surface area contributed by atoms with Crippen LogP contribution in [-0.4, -0.2) is 11.0 Å². The number of amides is 2. The first-order valence-corrected chi connectivity index (χ1v) is 6.04. The van der Waals surface area contributed by atoms with Gasteiger partial charge in [-0.15, -0.1) is 0 Å². The van der Waals surface area contributed by atoms with Gasteiger partial charge in [0.25, 0.3) is 0 Å². The average Bonchev–Trinajstić information content (AvgIpc) is 2.30. The number of halogens is 2. The van der Waals surface area contributed by atoms with Crippen molar-refractivity contribution in [2.45, 2.75) is 0 Å². The highest BCUT2D eigenvalue weighted by molar-refractivity contribution is 6.35. The molecule has 0 atom stereocenters. The molecule has 0 saturated carbocycles. The van der Waals surface area contributed by atoms with Crippen molar-refractivity contribution in [2.24, 2.45) is 0 Å². The predicted octanol–water partition coefficient (Wildman–Crippen LogP) is 3.61. The highest BCUT2D eigenvalue weighted by Gasteiger charge is 2.04. The fourth-order valence-corrected chi connectivity index (χ4v) is 1.92. The molecule has 0 unspecified atom stereocenters. The molecule has 0 fully saturated rings. The molecule has 2 rings (SSSR count). The third kappa shape index (κ3) is 4.01. The van der Waals surface area contributed by atoms with Crippen molar-refractivity contribution in [3.05, 3.63) is 46.6 Å². The first-order valence-electron chi connectivity index (χ1n) is 5.28. The average molecular weight is 297 g/mol. The Kier molecular flexibility index (Phi) is 4.09. The normalized spacial score (nSPS) is 10.0. The van der Waals surface area contributed by atoms with Crippen molar-refractivity contribution >= 4 is 46.4 Å². The minimum absolute atomic E-state index is 0.382. The summed E-state index contributed by atoms with van der Waals surface area (Å²) in [5.41, 5.74) is 6.47. The number of hydrogen-bond donors (Lipinski definition) is 3. The molecule has 4 N–H and O–H groups in total. The summed E-state index contributed by atoms with van der Waals surface area (Å²) in [6, 6.07) is 7.57. The Labute approximate surface area is 119 Å². The van der Waals surface area contributed by atoms with Crippen LogP contribution in [-0.2, 0) is 0 Å². The summed E-state index contributed by atoms with van der Waals surface area (Å²) in [6.45, 7) is 0. The summed E-state index contributed by atoms with van der Waals surface area (Å²) < 4.78 is 0. The van der Waals surface area contributed by atoms with E-state index in [4.69, 9.17) is 28.9 Å². The van der Waals surface area contributed by atoms with Crippen molar-refractivity contribution in [3.8, 4) is 0 Å². The minimum Gasteiger partial charge on any atom is -0.384 e. The number of benzene rings is 1. The third-order valence-corrected chi connectivity index (χ3v) is 2.60. The number of aromatic nitrogens is 1. The number of rotatable bonds is 2. The van der Waals surface area contributed by atoms with Crippen LogP contribution in [0.4, 0.5) is 22.0 Å². The van der Waals surface area contributed by atoms with E-state index in [1.165, 1.54) is 6.20 Å². The third-order valence-electron chi connectivity index (χ3n) is 2.16. The number of nitrogens with zero attached hydrogens (tertiary/aromatic N) is 1. The van der Waals surface area contributed by atoms with E-state index in [9.17, 15) is 4.79 Å². The zero-order valence-corrected chi connectivity index (χ0v) is 11.2. The molecule has 2 amide bonds. The standard InChI is InChI=1S/C12H10Cl2N4O/c13-7-3-8(14)5-10(4-7)18-12(19)17-9-1-2-11(15)16-6-9/h1-6H,(H2,15,16)(H2,17,18,19). The summed E-state index contributed by atoms with van der Waals surface area (Å²) in [5, 5.41) is 6.09. The number of pyridine rings is 1. The first-order chi connectivity index (χ1) is 9.02. The maximum absolute atomic E-state index is 11.7. The summed E-state index contributed by atoms with van der Waals surface area (Å²) >= 11 is 11.7. The van der Waals surface area contributed by atoms with E-state index in [2.05, 4.69) is 15.6 Å². The van der Waals surface area contributed by atoms with E-state index < -0.39 is 6.03 Å². The smallest absolute Gasteiger partial charge is 0.323 e. The van der Waals surface area contributed by atoms with Crippen molar-refractivity contribution < 1.29 is 4.79 Å². The number of nitrogens with one attached hydrogen (secondary N) is 2. The zero-order valence-electron chi connectivity index (χ0n) is 9.65. The van der Waals surface area contributed by atoms with Gasteiger partial charge in [0, 0.05) is 15.7 Å². The number of hydrogen-bond acceptors (Lipinski definition) is 3. The van der Waals surface area contributed by atoms with Crippen molar-refractivity contribution in [1.82, 2.24) is 4.98 Å². The van der Waals surface area contributed by atoms with Gasteiger partial charge < -0.3 is 16.4 Å². The van der Waals surface area contributed by atoms with E-state index >= 15 is 0 Å². The SMILES string of the molecule is Nc1ccc(NC(=O)Nc2cc(Cl)cc(Cl)c2)cn1. The van der Waals surface area contributed by atoms with Crippen molar-refractivity contribution in [2.75, 3.05) is 16.4 Å². The molecule has 98 valence electrons. The maximum atomic E-state index is 11.7. The van der Waals surface area contributed by atoms with Gasteiger partial charge in [-0.3, -0.25) is 0 Å². The van der Waals surface area contributed by atoms with Gasteiger partial charge in [0.2, 0.25) is 0 Å². The molecule has 0 aliphatic heterocycles. The van der Waals surface area contributed by atoms with Crippen molar-refractivity contribution in [1.29, 1.82) is 0 Å². The van der Waals surface area contributed by atoms with Gasteiger partial charge >= 0.3 is 6.03 Å². The van der Waals surface area contributed by atoms with Gasteiger partial charge in [-0.1, -0.05) is 23.2 Å². The molecule has 19 heavy (non-hydrogen) atoms. The highest BCUT2D eigenvalue weighted by atomic mass is 35.5. The molecule has 2 aromatic rings. The highest BCUT2D eigenvalue weighted by Crippen LogP contribution is 2.22. The van der Waals surface area contributed by atoms with Gasteiger partial charge in [-0.05, 0) is 30.3 Å². The van der Waals surface area contributed by atoms with Crippen LogP contribution in [0, 0.1) is 0 Å². The lowest BCUT2D eigenvalue weighted by molar-refractivity contribution is 0.262. The molecule has 1 aromatic heterocycles. The maximum Gasteiger partial charge on any atom is 0.323 e. The molecule has 0 aliphatic carbocycles. The van der Waals surface area contributed by atoms with Gasteiger partial charge in [-0.25, -0.2) is 9.78 Å². The van der Waals surface area contributed by atoms with Crippen LogP contribution in [0.25, 0.3) is 0 Å². The fraction of sp³-hybridized carbons (Fsp3) is 0. The Morgan fingerprint density at radius 3 is 2.26 bits per heavy atom. The summed E-state index contributed by atoms with van der Waals surface area (Å²) in [5.74, 6) is 0.382. The largest absolute Gasteiger partial charge is 0.384 e. The molecule has 1 aromatic carbocycles. The second-order valence-electron chi connectivity index (χ2n) is 3.71. The van der Waals surface area contributed by atoms with Crippen molar-refractivity contribution in [3.63, 3.8) is 0 Å². The molecular formula is C12H10Cl2N4O. The Bertz CT molecular complexity index is 581. The second kappa shape index (κ2) is 5.77. The first kappa shape index (κ1) is 13.5. The van der Waals surface area contributed by atoms with Gasteiger partial charge in [0.15, 0.2) is 0 Å². The van der Waals surface area contributed by atoms with E-state index in [1.54, 1.807) is 30.3 Å². The van der Waals surface area contributed by atoms with Crippen LogP contribution in [0.15, 0.2) is 36.5 Å². The van der Waals surface area contributed by atoms with E-state index in [0.29, 0.717) is 27.2 Å². The van der Waals surface area contributed by atoms with Crippen LogP contribution in [0.5, 0.6) is 0 Å². The number of urea groups is 1. The van der Waals surface area contributed by atoms with Crippen LogP contribution in [0.3, 0.4) is 0 Å². The minimum atomic E-state index is -0.426. The number of anilines is 3. The predicted molar refractivity (Wildman–Crippen MR) is 77.8 cm³/mol. The topological polar surface area (TPSA) is 80.0 Å². The Hall–Kier alpha value is -1.98. The molecule has 1 heterocycles. The quantitative estimate of drug-likeness (QED) is 0.792.